The fourth-order valence-corrected chi connectivity index (χ4v) is 3.32. The number of methoxy groups -OCH3 is 1. The van der Waals surface area contributed by atoms with Crippen LogP contribution < -0.4 is 5.32 Å². The van der Waals surface area contributed by atoms with Crippen molar-refractivity contribution in [1.82, 2.24) is 5.16 Å². The van der Waals surface area contributed by atoms with E-state index in [1.54, 1.807) is 24.3 Å². The number of benzene rings is 1. The van der Waals surface area contributed by atoms with E-state index in [9.17, 15) is 19.2 Å². The van der Waals surface area contributed by atoms with Gasteiger partial charge in [0.2, 0.25) is 28.9 Å². The molecule has 0 bridgehead atoms. The number of amides is 1. The Labute approximate surface area is 169 Å². The summed E-state index contributed by atoms with van der Waals surface area (Å²) in [6, 6.07) is 8.96. The summed E-state index contributed by atoms with van der Waals surface area (Å²) in [5, 5.41) is 6.15. The zero-order chi connectivity index (χ0) is 20.8. The number of Topliss-reactive ketones (excluding diaryl/α,β-unsaturated/α-hetero) is 1. The van der Waals surface area contributed by atoms with E-state index in [4.69, 9.17) is 9.26 Å². The molecule has 1 amide bonds. The highest BCUT2D eigenvalue weighted by Gasteiger charge is 2.36. The van der Waals surface area contributed by atoms with E-state index in [1.807, 2.05) is 6.07 Å². The normalized spacial score (nSPS) is 12.9. The number of anilines is 1. The minimum atomic E-state index is -0.866. The first kappa shape index (κ1) is 20.5. The van der Waals surface area contributed by atoms with Crippen LogP contribution in [-0.2, 0) is 14.3 Å². The molecule has 0 fully saturated rings. The number of hydrogen-bond donors (Lipinski definition) is 1. The van der Waals surface area contributed by atoms with Crippen molar-refractivity contribution in [2.24, 2.45) is 0 Å². The Kier molecular flexibility index (Phi) is 6.57. The number of ether oxygens (including phenoxy) is 2. The Bertz CT molecular complexity index is 982. The number of esters is 1. The van der Waals surface area contributed by atoms with Gasteiger partial charge in [-0.3, -0.25) is 14.4 Å². The van der Waals surface area contributed by atoms with Gasteiger partial charge >= 0.3 is 5.97 Å². The lowest BCUT2D eigenvalue weighted by Crippen LogP contribution is -2.20. The van der Waals surface area contributed by atoms with Crippen LogP contribution in [0, 0.1) is 0 Å². The topological polar surface area (TPSA) is 125 Å². The molecule has 3 rings (SSSR count). The Morgan fingerprint density at radius 1 is 1.21 bits per heavy atom. The number of hydrogen-bond acceptors (Lipinski definition) is 9. The van der Waals surface area contributed by atoms with Crippen molar-refractivity contribution in [3.63, 3.8) is 0 Å². The first-order valence-corrected chi connectivity index (χ1v) is 9.44. The molecule has 2 aromatic rings. The van der Waals surface area contributed by atoms with Crippen LogP contribution in [0.5, 0.6) is 0 Å². The number of thioether (sulfide) groups is 1. The number of ketones is 2. The van der Waals surface area contributed by atoms with E-state index in [0.717, 1.165) is 24.9 Å². The monoisotopic (exact) mass is 416 g/mol. The van der Waals surface area contributed by atoms with Gasteiger partial charge in [0.05, 0.1) is 18.6 Å². The van der Waals surface area contributed by atoms with Crippen molar-refractivity contribution in [2.75, 3.05) is 31.4 Å². The molecule has 0 unspecified atom stereocenters. The van der Waals surface area contributed by atoms with Gasteiger partial charge in [0, 0.05) is 17.5 Å². The van der Waals surface area contributed by atoms with Gasteiger partial charge in [-0.1, -0.05) is 23.4 Å². The van der Waals surface area contributed by atoms with Crippen LogP contribution in [0.3, 0.4) is 0 Å². The Balaban J connectivity index is 1.49. The molecule has 29 heavy (non-hydrogen) atoms. The van der Waals surface area contributed by atoms with Crippen molar-refractivity contribution in [3.05, 3.63) is 58.3 Å². The minimum absolute atomic E-state index is 0.133. The standard InChI is InChI=1S/C19H16N2O7S/c1-26-19(25)16-15-17(24)13(9-12(22)18(15)28-21-16)29-8-7-27-10-14(23)20-11-5-3-2-4-6-11/h2-6,9H,7-8,10H2,1H3,(H,20,23). The van der Waals surface area contributed by atoms with Crippen LogP contribution in [0.2, 0.25) is 0 Å². The second-order valence-corrected chi connectivity index (χ2v) is 6.88. The molecule has 1 N–H and O–H groups in total. The molecule has 1 aliphatic rings. The first-order chi connectivity index (χ1) is 14.0. The number of para-hydroxylation sites is 1. The van der Waals surface area contributed by atoms with Gasteiger partial charge < -0.3 is 19.3 Å². The van der Waals surface area contributed by atoms with Crippen molar-refractivity contribution in [1.29, 1.82) is 0 Å². The number of fused-ring (bicyclic) bond motifs is 1. The Morgan fingerprint density at radius 2 is 1.97 bits per heavy atom. The van der Waals surface area contributed by atoms with Crippen LogP contribution in [0.15, 0.2) is 45.8 Å². The molecule has 10 heteroatoms. The van der Waals surface area contributed by atoms with E-state index >= 15 is 0 Å². The molecule has 9 nitrogen and oxygen atoms in total. The van der Waals surface area contributed by atoms with Crippen molar-refractivity contribution >= 4 is 40.9 Å². The first-order valence-electron chi connectivity index (χ1n) is 8.45. The van der Waals surface area contributed by atoms with Crippen molar-refractivity contribution in [3.8, 4) is 0 Å². The Hall–Kier alpha value is -3.24. The lowest BCUT2D eigenvalue weighted by molar-refractivity contribution is -0.120. The van der Waals surface area contributed by atoms with E-state index in [0.29, 0.717) is 11.4 Å². The molecule has 1 aliphatic carbocycles. The maximum atomic E-state index is 12.6. The minimum Gasteiger partial charge on any atom is -0.464 e. The molecule has 1 aromatic carbocycles. The van der Waals surface area contributed by atoms with E-state index in [2.05, 4.69) is 15.2 Å². The number of allylic oxidation sites excluding steroid dienone is 2. The second kappa shape index (κ2) is 9.30. The van der Waals surface area contributed by atoms with Gasteiger partial charge in [0.1, 0.15) is 12.2 Å². The summed E-state index contributed by atoms with van der Waals surface area (Å²) in [6.45, 7) is 0.0235. The third kappa shape index (κ3) is 4.79. The summed E-state index contributed by atoms with van der Waals surface area (Å²) >= 11 is 1.07. The predicted molar refractivity (Wildman–Crippen MR) is 103 cm³/mol. The maximum Gasteiger partial charge on any atom is 0.361 e. The van der Waals surface area contributed by atoms with E-state index in [-0.39, 0.29) is 41.0 Å². The third-order valence-corrected chi connectivity index (χ3v) is 4.77. The molecule has 0 aliphatic heterocycles. The number of aromatic nitrogens is 1. The zero-order valence-electron chi connectivity index (χ0n) is 15.3. The quantitative estimate of drug-likeness (QED) is 0.509. The summed E-state index contributed by atoms with van der Waals surface area (Å²) in [4.78, 5) is 48.3. The Morgan fingerprint density at radius 3 is 2.69 bits per heavy atom. The van der Waals surface area contributed by atoms with E-state index in [1.165, 1.54) is 0 Å². The molecule has 0 atom stereocenters. The molecule has 0 spiro atoms. The average Bonchev–Trinajstić information content (AvgIpc) is 3.17. The third-order valence-electron chi connectivity index (χ3n) is 3.78. The van der Waals surface area contributed by atoms with Gasteiger partial charge in [-0.25, -0.2) is 4.79 Å². The highest BCUT2D eigenvalue weighted by atomic mass is 32.2. The molecular weight excluding hydrogens is 400 g/mol. The fourth-order valence-electron chi connectivity index (χ4n) is 2.48. The molecule has 0 saturated heterocycles. The average molecular weight is 416 g/mol. The molecule has 1 heterocycles. The molecule has 150 valence electrons. The molecule has 0 saturated carbocycles. The van der Waals surface area contributed by atoms with Crippen molar-refractivity contribution in [2.45, 2.75) is 0 Å². The zero-order valence-corrected chi connectivity index (χ0v) is 16.1. The van der Waals surface area contributed by atoms with Crippen molar-refractivity contribution < 1.29 is 33.2 Å². The van der Waals surface area contributed by atoms with Crippen LogP contribution >= 0.6 is 11.8 Å². The smallest absolute Gasteiger partial charge is 0.361 e. The summed E-state index contributed by atoms with van der Waals surface area (Å²) < 4.78 is 14.7. The van der Waals surface area contributed by atoms with Crippen LogP contribution in [0.4, 0.5) is 5.69 Å². The SMILES string of the molecule is COC(=O)c1noc2c1C(=O)C(SCCOCC(=O)Nc1ccccc1)=CC2=O. The summed E-state index contributed by atoms with van der Waals surface area (Å²) in [5.41, 5.74) is 0.133. The van der Waals surface area contributed by atoms with Gasteiger partial charge in [-0.15, -0.1) is 11.8 Å². The molecule has 0 radical (unpaired) electrons. The van der Waals surface area contributed by atoms with Gasteiger partial charge in [0.15, 0.2) is 0 Å². The predicted octanol–water partition coefficient (Wildman–Crippen LogP) is 2.11. The van der Waals surface area contributed by atoms with Crippen LogP contribution in [0.25, 0.3) is 0 Å². The summed E-state index contributed by atoms with van der Waals surface area (Å²) in [6.07, 6.45) is 1.13. The molecule has 1 aromatic heterocycles. The summed E-state index contributed by atoms with van der Waals surface area (Å²) in [5.74, 6) is -2.25. The maximum absolute atomic E-state index is 12.6. The number of carbonyl (C=O) groups excluding carboxylic acids is 4. The lowest BCUT2D eigenvalue weighted by Gasteiger charge is -2.11. The fraction of sp³-hybridized carbons (Fsp3) is 0.211. The number of nitrogens with zero attached hydrogens (tertiary/aromatic N) is 1. The van der Waals surface area contributed by atoms with Crippen LogP contribution in [-0.4, -0.2) is 54.7 Å². The number of rotatable bonds is 8. The van der Waals surface area contributed by atoms with Crippen LogP contribution in [0.1, 0.15) is 31.4 Å². The largest absolute Gasteiger partial charge is 0.464 e. The lowest BCUT2D eigenvalue weighted by atomic mass is 10.00. The molecular formula is C19H16N2O7S. The number of nitrogens with one attached hydrogen (secondary N) is 1. The highest BCUT2D eigenvalue weighted by Crippen LogP contribution is 2.30. The second-order valence-electron chi connectivity index (χ2n) is 5.74. The highest BCUT2D eigenvalue weighted by molar-refractivity contribution is 8.04. The van der Waals surface area contributed by atoms with Gasteiger partial charge in [-0.2, -0.15) is 0 Å². The number of carbonyl (C=O) groups is 4. The van der Waals surface area contributed by atoms with E-state index < -0.39 is 17.5 Å². The summed E-state index contributed by atoms with van der Waals surface area (Å²) in [7, 11) is 1.13. The van der Waals surface area contributed by atoms with Gasteiger partial charge in [-0.05, 0) is 12.1 Å². The van der Waals surface area contributed by atoms with Gasteiger partial charge in [0.25, 0.3) is 0 Å².